The predicted molar refractivity (Wildman–Crippen MR) is 31.5 cm³/mol. The fraction of sp³-hybridized carbons (Fsp3) is 0. The smallest absolute Gasteiger partial charge is 0.450 e. The molecule has 0 unspecified atom stereocenters. The van der Waals surface area contributed by atoms with E-state index in [0.717, 1.165) is 0 Å². The maximum absolute atomic E-state index is 8.56. The second kappa shape index (κ2) is 9.77. The summed E-state index contributed by atoms with van der Waals surface area (Å²) in [5.74, 6) is 0. The summed E-state index contributed by atoms with van der Waals surface area (Å²) in [7, 11) is 0. The zero-order chi connectivity index (χ0) is 6.99. The maximum atomic E-state index is 8.56. The molecule has 0 aliphatic heterocycles. The number of halogens is 2. The van der Waals surface area contributed by atoms with Gasteiger partial charge in [0.25, 0.3) is 0 Å². The van der Waals surface area contributed by atoms with E-state index in [1.54, 1.807) is 0 Å². The SMILES string of the molecule is ClC=CCl.O=C(O)O. The Kier molecular flexibility index (Phi) is 12.9. The van der Waals surface area contributed by atoms with Crippen LogP contribution in [-0.2, 0) is 0 Å². The molecule has 0 amide bonds. The molecule has 0 aliphatic rings. The van der Waals surface area contributed by atoms with Crippen molar-refractivity contribution in [2.75, 3.05) is 0 Å². The number of carbonyl (C=O) groups is 1. The minimum Gasteiger partial charge on any atom is -0.450 e. The first-order valence-corrected chi connectivity index (χ1v) is 2.29. The maximum Gasteiger partial charge on any atom is 0.503 e. The fourth-order valence-electron chi connectivity index (χ4n) is 0. The summed E-state index contributed by atoms with van der Waals surface area (Å²) in [5.41, 5.74) is 2.48. The molecule has 0 spiro atoms. The summed E-state index contributed by atoms with van der Waals surface area (Å²) in [6, 6.07) is 0. The lowest BCUT2D eigenvalue weighted by atomic mass is 11.3. The van der Waals surface area contributed by atoms with Crippen molar-refractivity contribution in [1.29, 1.82) is 0 Å². The Bertz CT molecular complexity index is 72.6. The molecular formula is C3H4Cl2O3. The highest BCUT2D eigenvalue weighted by molar-refractivity contribution is 6.33. The largest absolute Gasteiger partial charge is 0.503 e. The van der Waals surface area contributed by atoms with Gasteiger partial charge in [0.2, 0.25) is 0 Å². The van der Waals surface area contributed by atoms with E-state index in [4.69, 9.17) is 38.2 Å². The highest BCUT2D eigenvalue weighted by Gasteiger charge is 1.70. The Morgan fingerprint density at radius 3 is 1.38 bits per heavy atom. The number of hydrogen-bond donors (Lipinski definition) is 2. The normalized spacial score (nSPS) is 7.75. The highest BCUT2D eigenvalue weighted by atomic mass is 35.5. The molecule has 0 fully saturated rings. The Labute approximate surface area is 56.1 Å². The van der Waals surface area contributed by atoms with Gasteiger partial charge in [-0.05, 0) is 0 Å². The molecule has 0 aromatic rings. The summed E-state index contributed by atoms with van der Waals surface area (Å²) in [5, 5.41) is 13.9. The summed E-state index contributed by atoms with van der Waals surface area (Å²) in [4.78, 5) is 8.56. The zero-order valence-electron chi connectivity index (χ0n) is 3.71. The number of hydrogen-bond acceptors (Lipinski definition) is 1. The van der Waals surface area contributed by atoms with Crippen LogP contribution in [0.4, 0.5) is 4.79 Å². The standard InChI is InChI=1S/C2H2Cl2.CH2O3/c3-1-2-4;2-1(3)4/h1-2H;(H2,2,3,4). The van der Waals surface area contributed by atoms with E-state index in [-0.39, 0.29) is 0 Å². The van der Waals surface area contributed by atoms with Gasteiger partial charge in [-0.3, -0.25) is 0 Å². The van der Waals surface area contributed by atoms with Gasteiger partial charge in [-0.2, -0.15) is 0 Å². The van der Waals surface area contributed by atoms with E-state index >= 15 is 0 Å². The van der Waals surface area contributed by atoms with Crippen LogP contribution >= 0.6 is 23.2 Å². The lowest BCUT2D eigenvalue weighted by Crippen LogP contribution is -1.81. The lowest BCUT2D eigenvalue weighted by Gasteiger charge is -1.60. The molecular weight excluding hydrogens is 155 g/mol. The molecule has 0 atom stereocenters. The topological polar surface area (TPSA) is 57.5 Å². The van der Waals surface area contributed by atoms with Crippen LogP contribution in [0.25, 0.3) is 0 Å². The van der Waals surface area contributed by atoms with Gasteiger partial charge in [-0.25, -0.2) is 4.79 Å². The van der Waals surface area contributed by atoms with Crippen LogP contribution in [0.1, 0.15) is 0 Å². The number of rotatable bonds is 0. The van der Waals surface area contributed by atoms with Crippen LogP contribution < -0.4 is 0 Å². The van der Waals surface area contributed by atoms with E-state index in [2.05, 4.69) is 0 Å². The number of carboxylic acid groups (broad SMARTS) is 2. The Balaban J connectivity index is 0. The molecule has 0 radical (unpaired) electrons. The molecule has 0 heterocycles. The predicted octanol–water partition coefficient (Wildman–Crippen LogP) is 2.16. The van der Waals surface area contributed by atoms with Gasteiger partial charge in [-0.15, -0.1) is 0 Å². The van der Waals surface area contributed by atoms with Crippen molar-refractivity contribution in [1.82, 2.24) is 0 Å². The van der Waals surface area contributed by atoms with Crippen LogP contribution in [0.2, 0.25) is 0 Å². The average molecular weight is 159 g/mol. The first kappa shape index (κ1) is 10.5. The summed E-state index contributed by atoms with van der Waals surface area (Å²) >= 11 is 9.75. The van der Waals surface area contributed by atoms with Crippen molar-refractivity contribution in [3.63, 3.8) is 0 Å². The van der Waals surface area contributed by atoms with Gasteiger partial charge < -0.3 is 10.2 Å². The monoisotopic (exact) mass is 158 g/mol. The molecule has 0 saturated heterocycles. The molecule has 0 rings (SSSR count). The van der Waals surface area contributed by atoms with Gasteiger partial charge >= 0.3 is 6.16 Å². The quantitative estimate of drug-likeness (QED) is 0.569. The van der Waals surface area contributed by atoms with Crippen LogP contribution in [-0.4, -0.2) is 16.4 Å². The fourth-order valence-corrected chi connectivity index (χ4v) is 0. The van der Waals surface area contributed by atoms with Gasteiger partial charge in [0.1, 0.15) is 0 Å². The van der Waals surface area contributed by atoms with Crippen molar-refractivity contribution in [2.24, 2.45) is 0 Å². The van der Waals surface area contributed by atoms with Gasteiger partial charge in [0.15, 0.2) is 0 Å². The third kappa shape index (κ3) is 338. The van der Waals surface area contributed by atoms with Crippen LogP contribution in [0, 0.1) is 0 Å². The van der Waals surface area contributed by atoms with Crippen LogP contribution in [0.5, 0.6) is 0 Å². The first-order valence-electron chi connectivity index (χ1n) is 1.42. The molecule has 3 nitrogen and oxygen atoms in total. The summed E-state index contributed by atoms with van der Waals surface area (Å²) < 4.78 is 0. The molecule has 0 aromatic heterocycles. The Hall–Kier alpha value is -0.410. The molecule has 0 saturated carbocycles. The Morgan fingerprint density at radius 2 is 1.38 bits per heavy atom. The molecule has 5 heteroatoms. The third-order valence-corrected chi connectivity index (χ3v) is 0.429. The second-order valence-electron chi connectivity index (χ2n) is 0.535. The lowest BCUT2D eigenvalue weighted by molar-refractivity contribution is 0.137. The third-order valence-electron chi connectivity index (χ3n) is 0.0476. The van der Waals surface area contributed by atoms with Crippen LogP contribution in [0.15, 0.2) is 11.1 Å². The van der Waals surface area contributed by atoms with E-state index in [1.165, 1.54) is 11.1 Å². The van der Waals surface area contributed by atoms with Crippen LogP contribution in [0.3, 0.4) is 0 Å². The molecule has 0 aliphatic carbocycles. The summed E-state index contributed by atoms with van der Waals surface area (Å²) in [6.07, 6.45) is -1.83. The second-order valence-corrected chi connectivity index (χ2v) is 1.04. The molecule has 0 aromatic carbocycles. The molecule has 0 bridgehead atoms. The van der Waals surface area contributed by atoms with E-state index in [0.29, 0.717) is 0 Å². The minimum absolute atomic E-state index is 1.24. The van der Waals surface area contributed by atoms with Gasteiger partial charge in [-0.1, -0.05) is 23.2 Å². The van der Waals surface area contributed by atoms with Gasteiger partial charge in [0.05, 0.1) is 0 Å². The molecule has 2 N–H and O–H groups in total. The van der Waals surface area contributed by atoms with Crippen molar-refractivity contribution in [2.45, 2.75) is 0 Å². The van der Waals surface area contributed by atoms with Crippen molar-refractivity contribution in [3.05, 3.63) is 11.1 Å². The average Bonchev–Trinajstić information content (AvgIpc) is 1.65. The van der Waals surface area contributed by atoms with E-state index in [1.807, 2.05) is 0 Å². The van der Waals surface area contributed by atoms with Crippen molar-refractivity contribution < 1.29 is 15.0 Å². The first-order chi connectivity index (χ1) is 3.65. The molecule has 48 valence electrons. The van der Waals surface area contributed by atoms with Gasteiger partial charge in [0, 0.05) is 11.1 Å². The van der Waals surface area contributed by atoms with E-state index in [9.17, 15) is 0 Å². The van der Waals surface area contributed by atoms with Crippen molar-refractivity contribution in [3.8, 4) is 0 Å². The minimum atomic E-state index is -1.83. The molecule has 8 heavy (non-hydrogen) atoms. The highest BCUT2D eigenvalue weighted by Crippen LogP contribution is 1.78. The summed E-state index contributed by atoms with van der Waals surface area (Å²) in [6.45, 7) is 0. The Morgan fingerprint density at radius 1 is 1.25 bits per heavy atom. The van der Waals surface area contributed by atoms with E-state index < -0.39 is 6.16 Å². The zero-order valence-corrected chi connectivity index (χ0v) is 5.23. The van der Waals surface area contributed by atoms with Crippen molar-refractivity contribution >= 4 is 29.4 Å².